The first-order chi connectivity index (χ1) is 13.6. The molecule has 3 atom stereocenters. The van der Waals surface area contributed by atoms with E-state index in [0.717, 1.165) is 30.6 Å². The van der Waals surface area contributed by atoms with E-state index in [1.807, 2.05) is 24.3 Å². The van der Waals surface area contributed by atoms with Gasteiger partial charge in [0.2, 0.25) is 11.8 Å². The molecule has 0 aromatic heterocycles. The molecule has 0 radical (unpaired) electrons. The Morgan fingerprint density at radius 3 is 2.75 bits per heavy atom. The van der Waals surface area contributed by atoms with Gasteiger partial charge in [-0.25, -0.2) is 0 Å². The smallest absolute Gasteiger partial charge is 0.223 e. The fraction of sp³-hybridized carbons (Fsp3) is 0.619. The molecule has 0 unspecified atom stereocenters. The number of benzene rings is 1. The molecule has 28 heavy (non-hydrogen) atoms. The van der Waals surface area contributed by atoms with E-state index in [9.17, 15) is 14.7 Å². The number of aliphatic hydroxyl groups is 1. The van der Waals surface area contributed by atoms with E-state index in [0.29, 0.717) is 19.4 Å². The van der Waals surface area contributed by atoms with Crippen LogP contribution in [-0.4, -0.2) is 48.9 Å². The molecule has 0 spiro atoms. The molecule has 0 bridgehead atoms. The molecule has 1 heterocycles. The summed E-state index contributed by atoms with van der Waals surface area (Å²) >= 11 is 0. The van der Waals surface area contributed by atoms with Crippen molar-refractivity contribution < 1.29 is 24.2 Å². The van der Waals surface area contributed by atoms with Gasteiger partial charge in [0.15, 0.2) is 0 Å². The summed E-state index contributed by atoms with van der Waals surface area (Å²) in [5, 5.41) is 15.6. The van der Waals surface area contributed by atoms with Crippen molar-refractivity contribution in [3.8, 4) is 5.75 Å². The number of aliphatic hydroxyl groups excluding tert-OH is 1. The van der Waals surface area contributed by atoms with Crippen LogP contribution in [0.5, 0.6) is 5.75 Å². The van der Waals surface area contributed by atoms with Crippen LogP contribution >= 0.6 is 0 Å². The Morgan fingerprint density at radius 2 is 2.07 bits per heavy atom. The minimum absolute atomic E-state index is 0.0628. The molecule has 2 amide bonds. The van der Waals surface area contributed by atoms with E-state index in [4.69, 9.17) is 9.47 Å². The summed E-state index contributed by atoms with van der Waals surface area (Å²) in [5.74, 6) is 0.830. The van der Waals surface area contributed by atoms with Gasteiger partial charge in [0.1, 0.15) is 11.9 Å². The van der Waals surface area contributed by atoms with E-state index in [1.165, 1.54) is 0 Å². The monoisotopic (exact) mass is 390 g/mol. The Morgan fingerprint density at radius 1 is 1.25 bits per heavy atom. The van der Waals surface area contributed by atoms with Crippen LogP contribution in [-0.2, 0) is 20.9 Å². The number of amides is 2. The molecule has 2 aliphatic rings. The summed E-state index contributed by atoms with van der Waals surface area (Å²) < 4.78 is 11.1. The largest absolute Gasteiger partial charge is 0.497 e. The van der Waals surface area contributed by atoms with Gasteiger partial charge < -0.3 is 25.2 Å². The van der Waals surface area contributed by atoms with Gasteiger partial charge in [-0.05, 0) is 43.4 Å². The summed E-state index contributed by atoms with van der Waals surface area (Å²) in [6, 6.07) is 7.37. The topological polar surface area (TPSA) is 96.9 Å². The van der Waals surface area contributed by atoms with Gasteiger partial charge in [-0.3, -0.25) is 9.59 Å². The van der Waals surface area contributed by atoms with E-state index in [1.54, 1.807) is 7.11 Å². The first-order valence-electron chi connectivity index (χ1n) is 10.1. The number of carbonyl (C=O) groups excluding carboxylic acids is 2. The Labute approximate surface area is 165 Å². The molecule has 1 aromatic carbocycles. The third kappa shape index (κ3) is 5.45. The van der Waals surface area contributed by atoms with Crippen molar-refractivity contribution in [1.29, 1.82) is 0 Å². The molecule has 1 saturated heterocycles. The van der Waals surface area contributed by atoms with E-state index >= 15 is 0 Å². The lowest BCUT2D eigenvalue weighted by Crippen LogP contribution is -2.53. The van der Waals surface area contributed by atoms with Gasteiger partial charge in [-0.2, -0.15) is 0 Å². The summed E-state index contributed by atoms with van der Waals surface area (Å²) in [7, 11) is 1.61. The average Bonchev–Trinajstić information content (AvgIpc) is 2.66. The lowest BCUT2D eigenvalue weighted by Gasteiger charge is -2.37. The van der Waals surface area contributed by atoms with Crippen molar-refractivity contribution in [1.82, 2.24) is 10.6 Å². The Bertz CT molecular complexity index is 677. The second kappa shape index (κ2) is 9.89. The number of rotatable bonds is 8. The van der Waals surface area contributed by atoms with Crippen LogP contribution in [0, 0.1) is 5.92 Å². The Kier molecular flexibility index (Phi) is 7.28. The second-order valence-corrected chi connectivity index (χ2v) is 7.63. The highest BCUT2D eigenvalue weighted by molar-refractivity contribution is 5.79. The lowest BCUT2D eigenvalue weighted by atomic mass is 9.84. The first-order valence-corrected chi connectivity index (χ1v) is 10.1. The zero-order chi connectivity index (χ0) is 19.9. The molecule has 1 aliphatic carbocycles. The number of methoxy groups -OCH3 is 1. The summed E-state index contributed by atoms with van der Waals surface area (Å²) in [5.41, 5.74) is 0.962. The standard InChI is InChI=1S/C21H30N2O5/c1-27-16-7-2-4-14(10-16)12-22-20(25)11-17-8-9-18(19(13-24)28-17)23-21(26)15-5-3-6-15/h2,4,7,10,15,17-19,24H,3,5-6,8-9,11-13H2,1H3,(H,22,25)(H,23,26)/t17-,18-,19+/m1/s1. The van der Waals surface area contributed by atoms with Crippen LogP contribution in [0.2, 0.25) is 0 Å². The van der Waals surface area contributed by atoms with Gasteiger partial charge in [0.05, 0.1) is 32.3 Å². The van der Waals surface area contributed by atoms with Crippen LogP contribution in [0.15, 0.2) is 24.3 Å². The van der Waals surface area contributed by atoms with Gasteiger partial charge in [0.25, 0.3) is 0 Å². The van der Waals surface area contributed by atoms with Crippen molar-refractivity contribution in [2.75, 3.05) is 13.7 Å². The van der Waals surface area contributed by atoms with Crippen LogP contribution in [0.25, 0.3) is 0 Å². The number of hydrogen-bond acceptors (Lipinski definition) is 5. The highest BCUT2D eigenvalue weighted by atomic mass is 16.5. The molecule has 2 fully saturated rings. The Hall–Kier alpha value is -2.12. The SMILES string of the molecule is COc1cccc(CNC(=O)C[C@H]2CC[C@@H](NC(=O)C3CCC3)[C@H](CO)O2)c1. The maximum Gasteiger partial charge on any atom is 0.223 e. The summed E-state index contributed by atoms with van der Waals surface area (Å²) in [6.07, 6.45) is 3.90. The van der Waals surface area contributed by atoms with Gasteiger partial charge in [-0.15, -0.1) is 0 Å². The van der Waals surface area contributed by atoms with Crippen molar-refractivity contribution in [3.63, 3.8) is 0 Å². The molecule has 1 aliphatic heterocycles. The zero-order valence-corrected chi connectivity index (χ0v) is 16.4. The minimum atomic E-state index is -0.464. The van der Waals surface area contributed by atoms with Crippen molar-refractivity contribution >= 4 is 11.8 Å². The predicted octanol–water partition coefficient (Wildman–Crippen LogP) is 1.53. The number of ether oxygens (including phenoxy) is 2. The quantitative estimate of drug-likeness (QED) is 0.625. The molecule has 3 rings (SSSR count). The fourth-order valence-corrected chi connectivity index (χ4v) is 3.68. The molecule has 1 saturated carbocycles. The molecule has 3 N–H and O–H groups in total. The van der Waals surface area contributed by atoms with Crippen LogP contribution < -0.4 is 15.4 Å². The van der Waals surface area contributed by atoms with Gasteiger partial charge in [0, 0.05) is 12.5 Å². The fourth-order valence-electron chi connectivity index (χ4n) is 3.68. The highest BCUT2D eigenvalue weighted by Crippen LogP contribution is 2.28. The van der Waals surface area contributed by atoms with E-state index in [2.05, 4.69) is 10.6 Å². The summed E-state index contributed by atoms with van der Waals surface area (Å²) in [6.45, 7) is 0.254. The van der Waals surface area contributed by atoms with E-state index in [-0.39, 0.29) is 42.9 Å². The van der Waals surface area contributed by atoms with E-state index < -0.39 is 6.10 Å². The predicted molar refractivity (Wildman–Crippen MR) is 104 cm³/mol. The van der Waals surface area contributed by atoms with Gasteiger partial charge in [-0.1, -0.05) is 18.6 Å². The lowest BCUT2D eigenvalue weighted by molar-refractivity contribution is -0.138. The molecule has 154 valence electrons. The normalized spacial score (nSPS) is 24.9. The van der Waals surface area contributed by atoms with Crippen LogP contribution in [0.3, 0.4) is 0 Å². The molecular weight excluding hydrogens is 360 g/mol. The molecular formula is C21H30N2O5. The van der Waals surface area contributed by atoms with Crippen molar-refractivity contribution in [2.24, 2.45) is 5.92 Å². The molecule has 7 nitrogen and oxygen atoms in total. The average molecular weight is 390 g/mol. The Balaban J connectivity index is 1.43. The third-order valence-electron chi connectivity index (χ3n) is 5.64. The summed E-state index contributed by atoms with van der Waals surface area (Å²) in [4.78, 5) is 24.4. The minimum Gasteiger partial charge on any atom is -0.497 e. The molecule has 1 aromatic rings. The van der Waals surface area contributed by atoms with Crippen LogP contribution in [0.1, 0.15) is 44.1 Å². The first kappa shape index (κ1) is 20.6. The number of hydrogen-bond donors (Lipinski definition) is 3. The number of carbonyl (C=O) groups is 2. The zero-order valence-electron chi connectivity index (χ0n) is 16.4. The van der Waals surface area contributed by atoms with Gasteiger partial charge >= 0.3 is 0 Å². The maximum atomic E-state index is 12.3. The maximum absolute atomic E-state index is 12.3. The number of nitrogens with one attached hydrogen (secondary N) is 2. The highest BCUT2D eigenvalue weighted by Gasteiger charge is 2.35. The molecule has 7 heteroatoms. The second-order valence-electron chi connectivity index (χ2n) is 7.63. The van der Waals surface area contributed by atoms with Crippen LogP contribution in [0.4, 0.5) is 0 Å². The van der Waals surface area contributed by atoms with Crippen molar-refractivity contribution in [2.45, 2.75) is 63.3 Å². The third-order valence-corrected chi connectivity index (χ3v) is 5.64. The van der Waals surface area contributed by atoms with Crippen molar-refractivity contribution in [3.05, 3.63) is 29.8 Å².